The number of hydrogen-bond donors (Lipinski definition) is 1. The molecule has 0 aliphatic rings. The van der Waals surface area contributed by atoms with Crippen molar-refractivity contribution < 1.29 is 14.6 Å². The number of benzene rings is 1. The number of aliphatic hydroxyl groups excluding tert-OH is 1. The van der Waals surface area contributed by atoms with E-state index in [1.807, 2.05) is 35.2 Å². The first-order valence-electron chi connectivity index (χ1n) is 6.25. The third-order valence-electron chi connectivity index (χ3n) is 2.80. The Hall–Kier alpha value is -1.55. The van der Waals surface area contributed by atoms with Gasteiger partial charge >= 0.3 is 5.97 Å². The molecule has 0 saturated heterocycles. The van der Waals surface area contributed by atoms with Crippen molar-refractivity contribution in [2.45, 2.75) is 25.8 Å². The number of rotatable bonds is 7. The summed E-state index contributed by atoms with van der Waals surface area (Å²) in [6, 6.07) is 9.30. The number of aliphatic hydroxyl groups is 1. The molecule has 0 heterocycles. The Bertz CT molecular complexity index is 353. The highest BCUT2D eigenvalue weighted by molar-refractivity contribution is 5.80. The number of hydrogen-bond acceptors (Lipinski definition) is 4. The van der Waals surface area contributed by atoms with Gasteiger partial charge < -0.3 is 14.7 Å². The molecule has 0 amide bonds. The second kappa shape index (κ2) is 7.71. The lowest BCUT2D eigenvalue weighted by molar-refractivity contribution is -0.142. The molecule has 0 radical (unpaired) electrons. The third kappa shape index (κ3) is 3.74. The highest BCUT2D eigenvalue weighted by atomic mass is 16.5. The van der Waals surface area contributed by atoms with E-state index in [-0.39, 0.29) is 12.6 Å². The van der Waals surface area contributed by atoms with Gasteiger partial charge in [-0.3, -0.25) is 0 Å². The highest BCUT2D eigenvalue weighted by Gasteiger charge is 2.25. The molecule has 1 atom stereocenters. The van der Waals surface area contributed by atoms with Gasteiger partial charge in [-0.25, -0.2) is 4.79 Å². The third-order valence-corrected chi connectivity index (χ3v) is 2.80. The Morgan fingerprint density at radius 1 is 1.39 bits per heavy atom. The zero-order valence-corrected chi connectivity index (χ0v) is 11.0. The maximum absolute atomic E-state index is 11.8. The molecule has 0 aliphatic carbocycles. The van der Waals surface area contributed by atoms with Crippen molar-refractivity contribution in [1.29, 1.82) is 0 Å². The van der Waals surface area contributed by atoms with Crippen LogP contribution in [0.4, 0.5) is 5.69 Å². The monoisotopic (exact) mass is 251 g/mol. The number of nitrogens with zero attached hydrogens (tertiary/aromatic N) is 1. The molecular formula is C14H21NO3. The molecule has 100 valence electrons. The lowest BCUT2D eigenvalue weighted by atomic mass is 10.1. The summed E-state index contributed by atoms with van der Waals surface area (Å²) in [6.07, 6.45) is 1.30. The van der Waals surface area contributed by atoms with Crippen LogP contribution in [-0.2, 0) is 9.53 Å². The van der Waals surface area contributed by atoms with E-state index >= 15 is 0 Å². The molecular weight excluding hydrogens is 230 g/mol. The Morgan fingerprint density at radius 3 is 2.56 bits per heavy atom. The molecule has 0 saturated carbocycles. The fourth-order valence-electron chi connectivity index (χ4n) is 1.98. The van der Waals surface area contributed by atoms with Crippen molar-refractivity contribution in [1.82, 2.24) is 0 Å². The number of anilines is 1. The van der Waals surface area contributed by atoms with Crippen LogP contribution in [0, 0.1) is 0 Å². The van der Waals surface area contributed by atoms with Gasteiger partial charge in [-0.2, -0.15) is 0 Å². The van der Waals surface area contributed by atoms with Crippen LogP contribution in [0.1, 0.15) is 19.8 Å². The van der Waals surface area contributed by atoms with Crippen LogP contribution < -0.4 is 4.90 Å². The summed E-state index contributed by atoms with van der Waals surface area (Å²) in [7, 11) is 1.38. The molecule has 1 aromatic rings. The molecule has 4 heteroatoms. The predicted octanol–water partition coefficient (Wildman–Crippen LogP) is 1.83. The van der Waals surface area contributed by atoms with Crippen molar-refractivity contribution in [3.8, 4) is 0 Å². The molecule has 4 nitrogen and oxygen atoms in total. The largest absolute Gasteiger partial charge is 0.467 e. The fraction of sp³-hybridized carbons (Fsp3) is 0.500. The van der Waals surface area contributed by atoms with Crippen molar-refractivity contribution in [3.05, 3.63) is 30.3 Å². The van der Waals surface area contributed by atoms with Crippen LogP contribution >= 0.6 is 0 Å². The summed E-state index contributed by atoms with van der Waals surface area (Å²) in [5.41, 5.74) is 0.975. The molecule has 18 heavy (non-hydrogen) atoms. The Labute approximate surface area is 108 Å². The minimum atomic E-state index is -0.428. The van der Waals surface area contributed by atoms with Crippen molar-refractivity contribution >= 4 is 11.7 Å². The van der Waals surface area contributed by atoms with Crippen LogP contribution in [-0.4, -0.2) is 37.4 Å². The molecule has 1 unspecified atom stereocenters. The van der Waals surface area contributed by atoms with Gasteiger partial charge in [-0.15, -0.1) is 0 Å². The minimum absolute atomic E-state index is 0.0349. The van der Waals surface area contributed by atoms with Crippen molar-refractivity contribution in [3.63, 3.8) is 0 Å². The summed E-state index contributed by atoms with van der Waals surface area (Å²) >= 11 is 0. The smallest absolute Gasteiger partial charge is 0.328 e. The molecule has 1 aromatic carbocycles. The average molecular weight is 251 g/mol. The molecule has 0 aliphatic heterocycles. The van der Waals surface area contributed by atoms with Crippen molar-refractivity contribution in [2.75, 3.05) is 25.2 Å². The first kappa shape index (κ1) is 14.5. The summed E-state index contributed by atoms with van der Waals surface area (Å²) in [4.78, 5) is 13.8. The second-order valence-electron chi connectivity index (χ2n) is 4.08. The van der Waals surface area contributed by atoms with Crippen LogP contribution in [0.5, 0.6) is 0 Å². The maximum Gasteiger partial charge on any atom is 0.328 e. The van der Waals surface area contributed by atoms with E-state index in [2.05, 4.69) is 6.92 Å². The molecule has 0 spiro atoms. The van der Waals surface area contributed by atoms with Crippen LogP contribution in [0.3, 0.4) is 0 Å². The Balaban J connectivity index is 2.96. The molecule has 0 aromatic heterocycles. The summed E-state index contributed by atoms with van der Waals surface area (Å²) < 4.78 is 4.82. The lowest BCUT2D eigenvalue weighted by Gasteiger charge is -2.31. The molecule has 0 bridgehead atoms. The fourth-order valence-corrected chi connectivity index (χ4v) is 1.98. The van der Waals surface area contributed by atoms with Gasteiger partial charge in [0.2, 0.25) is 0 Å². The summed E-state index contributed by atoms with van der Waals surface area (Å²) in [5.74, 6) is -0.304. The quantitative estimate of drug-likeness (QED) is 0.751. The van der Waals surface area contributed by atoms with Gasteiger partial charge in [0, 0.05) is 25.3 Å². The van der Waals surface area contributed by atoms with Gasteiger partial charge in [0.15, 0.2) is 0 Å². The standard InChI is InChI=1S/C14H21NO3/c1-3-10-15(12-7-5-4-6-8-12)13(9-11-16)14(17)18-2/h4-8,13,16H,3,9-11H2,1-2H3. The minimum Gasteiger partial charge on any atom is -0.467 e. The van der Waals surface area contributed by atoms with Gasteiger partial charge in [-0.1, -0.05) is 25.1 Å². The average Bonchev–Trinajstić information content (AvgIpc) is 2.43. The number of carbonyl (C=O) groups is 1. The number of para-hydroxylation sites is 1. The Morgan fingerprint density at radius 2 is 2.06 bits per heavy atom. The van der Waals surface area contributed by atoms with Gasteiger partial charge in [0.1, 0.15) is 6.04 Å². The highest BCUT2D eigenvalue weighted by Crippen LogP contribution is 2.19. The van der Waals surface area contributed by atoms with E-state index in [1.54, 1.807) is 0 Å². The second-order valence-corrected chi connectivity index (χ2v) is 4.08. The van der Waals surface area contributed by atoms with Gasteiger partial charge in [-0.05, 0) is 18.6 Å². The van der Waals surface area contributed by atoms with Gasteiger partial charge in [0.05, 0.1) is 7.11 Å². The number of carbonyl (C=O) groups excluding carboxylic acids is 1. The Kier molecular flexibility index (Phi) is 6.22. The first-order valence-corrected chi connectivity index (χ1v) is 6.25. The van der Waals surface area contributed by atoms with Crippen LogP contribution in [0.25, 0.3) is 0 Å². The number of ether oxygens (including phenoxy) is 1. The maximum atomic E-state index is 11.8. The van der Waals surface area contributed by atoms with E-state index in [0.717, 1.165) is 18.7 Å². The zero-order valence-electron chi connectivity index (χ0n) is 11.0. The van der Waals surface area contributed by atoms with Crippen LogP contribution in [0.2, 0.25) is 0 Å². The zero-order chi connectivity index (χ0) is 13.4. The lowest BCUT2D eigenvalue weighted by Crippen LogP contribution is -2.43. The predicted molar refractivity (Wildman–Crippen MR) is 71.6 cm³/mol. The van der Waals surface area contributed by atoms with Crippen molar-refractivity contribution in [2.24, 2.45) is 0 Å². The first-order chi connectivity index (χ1) is 8.74. The summed E-state index contributed by atoms with van der Waals surface area (Å²) in [6.45, 7) is 2.78. The van der Waals surface area contributed by atoms with E-state index in [1.165, 1.54) is 7.11 Å². The van der Waals surface area contributed by atoms with E-state index in [4.69, 9.17) is 9.84 Å². The summed E-state index contributed by atoms with van der Waals surface area (Å²) in [5, 5.41) is 9.11. The van der Waals surface area contributed by atoms with Crippen LogP contribution in [0.15, 0.2) is 30.3 Å². The number of methoxy groups -OCH3 is 1. The molecule has 1 rings (SSSR count). The van der Waals surface area contributed by atoms with Gasteiger partial charge in [0.25, 0.3) is 0 Å². The topological polar surface area (TPSA) is 49.8 Å². The van der Waals surface area contributed by atoms with E-state index in [9.17, 15) is 4.79 Å². The molecule has 1 N–H and O–H groups in total. The van der Waals surface area contributed by atoms with E-state index < -0.39 is 6.04 Å². The SMILES string of the molecule is CCCN(c1ccccc1)C(CCO)C(=O)OC. The molecule has 0 fully saturated rings. The number of esters is 1. The normalized spacial score (nSPS) is 11.9. The van der Waals surface area contributed by atoms with E-state index in [0.29, 0.717) is 6.42 Å².